The molecule has 31 heavy (non-hydrogen) atoms. The first kappa shape index (κ1) is 25.8. The largest absolute Gasteiger partial charge is 0.509 e. The van der Waals surface area contributed by atoms with E-state index in [4.69, 9.17) is 15.5 Å². The molecule has 0 saturated carbocycles. The summed E-state index contributed by atoms with van der Waals surface area (Å²) in [5.74, 6) is 0.856. The fraction of sp³-hybridized carbons (Fsp3) is 0.500. The molecule has 0 radical (unpaired) electrons. The van der Waals surface area contributed by atoms with E-state index in [0.29, 0.717) is 28.8 Å². The first-order valence-corrected chi connectivity index (χ1v) is 12.9. The number of rotatable bonds is 9. The Morgan fingerprint density at radius 3 is 2.48 bits per heavy atom. The maximum atomic E-state index is 11.6. The van der Waals surface area contributed by atoms with Crippen LogP contribution in [0.2, 0.25) is 0 Å². The van der Waals surface area contributed by atoms with Crippen LogP contribution in [0.4, 0.5) is 5.82 Å². The molecule has 15 heteroatoms. The van der Waals surface area contributed by atoms with Gasteiger partial charge in [0.2, 0.25) is 0 Å². The van der Waals surface area contributed by atoms with Gasteiger partial charge in [-0.3, -0.25) is 4.52 Å². The zero-order valence-corrected chi connectivity index (χ0v) is 20.0. The number of hydrogen-bond acceptors (Lipinski definition) is 10. The Morgan fingerprint density at radius 2 is 1.94 bits per heavy atom. The predicted molar refractivity (Wildman–Crippen MR) is 115 cm³/mol. The van der Waals surface area contributed by atoms with Crippen molar-refractivity contribution in [2.75, 3.05) is 12.3 Å². The maximum absolute atomic E-state index is 11.6. The van der Waals surface area contributed by atoms with Gasteiger partial charge in [0, 0.05) is 34.7 Å². The molecular weight excluding hydrogens is 470 g/mol. The third kappa shape index (κ3) is 7.30. The number of aryl methyl sites for hydroxylation is 1. The third-order valence-corrected chi connectivity index (χ3v) is 7.73. The minimum Gasteiger partial charge on any atom is -0.509 e. The normalized spacial score (nSPS) is 18.6. The van der Waals surface area contributed by atoms with Crippen molar-refractivity contribution in [3.05, 3.63) is 39.0 Å². The predicted octanol–water partition coefficient (Wildman–Crippen LogP) is 3.15. The van der Waals surface area contributed by atoms with Gasteiger partial charge in [-0.05, 0) is 13.8 Å². The number of thioether (sulfide) groups is 1. The number of hydrogen-bond donors (Lipinski definition) is 5. The van der Waals surface area contributed by atoms with Crippen molar-refractivity contribution < 1.29 is 37.8 Å². The van der Waals surface area contributed by atoms with Crippen molar-refractivity contribution in [3.8, 4) is 0 Å². The van der Waals surface area contributed by atoms with Crippen molar-refractivity contribution in [3.63, 3.8) is 0 Å². The lowest BCUT2D eigenvalue weighted by atomic mass is 10.1. The van der Waals surface area contributed by atoms with E-state index >= 15 is 0 Å². The van der Waals surface area contributed by atoms with Gasteiger partial charge in [0.15, 0.2) is 0 Å². The second-order valence-corrected chi connectivity index (χ2v) is 10.9. The summed E-state index contributed by atoms with van der Waals surface area (Å²) in [6.45, 7) is 7.15. The molecule has 0 saturated heterocycles. The van der Waals surface area contributed by atoms with E-state index in [1.54, 1.807) is 20.0 Å². The van der Waals surface area contributed by atoms with Crippen LogP contribution < -0.4 is 5.73 Å². The lowest BCUT2D eigenvalue weighted by Crippen LogP contribution is -2.20. The summed E-state index contributed by atoms with van der Waals surface area (Å²) >= 11 is 1.26. The first-order chi connectivity index (χ1) is 14.2. The number of nitrogens with zero attached hydrogens (tertiary/aromatic N) is 3. The van der Waals surface area contributed by atoms with E-state index in [9.17, 15) is 19.1 Å². The molecule has 2 rings (SSSR count). The summed E-state index contributed by atoms with van der Waals surface area (Å²) in [5, 5.41) is 11.2. The van der Waals surface area contributed by atoms with Crippen LogP contribution in [0.25, 0.3) is 0 Å². The molecular formula is C16H26N4O8P2S. The molecule has 0 amide bonds. The van der Waals surface area contributed by atoms with Crippen molar-refractivity contribution in [2.24, 2.45) is 5.92 Å². The second-order valence-electron chi connectivity index (χ2n) is 6.99. The summed E-state index contributed by atoms with van der Waals surface area (Å²) in [6.07, 6.45) is 1.75. The summed E-state index contributed by atoms with van der Waals surface area (Å²) < 4.78 is 30.8. The van der Waals surface area contributed by atoms with Crippen LogP contribution in [-0.4, -0.2) is 41.3 Å². The molecule has 0 aliphatic carbocycles. The Morgan fingerprint density at radius 1 is 1.29 bits per heavy atom. The fourth-order valence-electron chi connectivity index (χ4n) is 2.62. The molecule has 1 aliphatic heterocycles. The number of aliphatic hydroxyl groups excluding tert-OH is 1. The molecule has 0 bridgehead atoms. The Kier molecular flexibility index (Phi) is 8.34. The van der Waals surface area contributed by atoms with Gasteiger partial charge in [0.1, 0.15) is 22.4 Å². The van der Waals surface area contributed by atoms with Crippen LogP contribution in [0.5, 0.6) is 0 Å². The lowest BCUT2D eigenvalue weighted by molar-refractivity contribution is 0.180. The van der Waals surface area contributed by atoms with E-state index in [1.807, 2.05) is 18.7 Å². The van der Waals surface area contributed by atoms with Gasteiger partial charge < -0.3 is 30.4 Å². The number of anilines is 1. The number of nitrogen functional groups attached to an aromatic ring is 1. The van der Waals surface area contributed by atoms with Gasteiger partial charge in [0.25, 0.3) is 0 Å². The van der Waals surface area contributed by atoms with Crippen LogP contribution in [0.1, 0.15) is 38.6 Å². The van der Waals surface area contributed by atoms with Crippen LogP contribution >= 0.6 is 27.4 Å². The fourth-order valence-corrected chi connectivity index (χ4v) is 5.54. The summed E-state index contributed by atoms with van der Waals surface area (Å²) in [4.78, 5) is 37.6. The molecule has 1 aromatic rings. The summed E-state index contributed by atoms with van der Waals surface area (Å²) in [5.41, 5.74) is 7.41. The molecule has 0 spiro atoms. The highest BCUT2D eigenvalue weighted by Gasteiger charge is 2.34. The third-order valence-electron chi connectivity index (χ3n) is 4.18. The highest BCUT2D eigenvalue weighted by Crippen LogP contribution is 2.58. The van der Waals surface area contributed by atoms with Crippen molar-refractivity contribution in [1.82, 2.24) is 14.9 Å². The van der Waals surface area contributed by atoms with Gasteiger partial charge in [-0.1, -0.05) is 25.6 Å². The monoisotopic (exact) mass is 496 g/mol. The molecule has 2 heterocycles. The number of allylic oxidation sites excluding steroid dienone is 2. The molecule has 1 aliphatic rings. The zero-order chi connectivity index (χ0) is 23.6. The highest BCUT2D eigenvalue weighted by atomic mass is 32.2. The Labute approximate surface area is 184 Å². The van der Waals surface area contributed by atoms with Crippen LogP contribution in [-0.2, 0) is 24.5 Å². The van der Waals surface area contributed by atoms with E-state index < -0.39 is 15.6 Å². The molecule has 6 N–H and O–H groups in total. The van der Waals surface area contributed by atoms with E-state index in [2.05, 4.69) is 18.8 Å². The molecule has 1 atom stereocenters. The molecule has 0 aromatic carbocycles. The number of phosphoric ester groups is 1. The number of aliphatic hydroxyl groups is 1. The Hall–Kier alpha value is -1.43. The minimum atomic E-state index is -5.18. The van der Waals surface area contributed by atoms with Gasteiger partial charge in [0.05, 0.1) is 13.2 Å². The van der Waals surface area contributed by atoms with Gasteiger partial charge in [-0.2, -0.15) is 4.31 Å². The molecule has 1 unspecified atom stereocenters. The second kappa shape index (κ2) is 10.0. The molecule has 174 valence electrons. The minimum absolute atomic E-state index is 0.136. The average Bonchev–Trinajstić information content (AvgIpc) is 2.90. The van der Waals surface area contributed by atoms with Crippen LogP contribution in [0.15, 0.2) is 27.6 Å². The van der Waals surface area contributed by atoms with Crippen molar-refractivity contribution in [1.29, 1.82) is 0 Å². The zero-order valence-electron chi connectivity index (χ0n) is 17.4. The smallest absolute Gasteiger partial charge is 0.481 e. The number of phosphoric acid groups is 2. The summed E-state index contributed by atoms with van der Waals surface area (Å²) in [7, 11) is -10.1. The van der Waals surface area contributed by atoms with Crippen LogP contribution in [0.3, 0.4) is 0 Å². The Balaban J connectivity index is 2.22. The SMILES string of the molecule is CC1=C(CCOP(=O)(O)OP(=O)(O)O)S/C(=C(/O)C(C)C)N1Cc1cnc(C)nc1N. The maximum Gasteiger partial charge on any atom is 0.481 e. The van der Waals surface area contributed by atoms with Gasteiger partial charge in [-0.15, -0.1) is 0 Å². The van der Waals surface area contributed by atoms with E-state index in [0.717, 1.165) is 10.6 Å². The first-order valence-electron chi connectivity index (χ1n) is 9.10. The molecule has 0 fully saturated rings. The Bertz CT molecular complexity index is 994. The van der Waals surface area contributed by atoms with E-state index in [-0.39, 0.29) is 24.7 Å². The quantitative estimate of drug-likeness (QED) is 0.248. The van der Waals surface area contributed by atoms with Gasteiger partial charge >= 0.3 is 15.6 Å². The molecule has 12 nitrogen and oxygen atoms in total. The molecule has 1 aromatic heterocycles. The topological polar surface area (TPSA) is 189 Å². The lowest BCUT2D eigenvalue weighted by Gasteiger charge is -2.24. The van der Waals surface area contributed by atoms with Crippen LogP contribution in [0, 0.1) is 12.8 Å². The number of nitrogens with two attached hydrogens (primary N) is 1. The van der Waals surface area contributed by atoms with Gasteiger partial charge in [-0.25, -0.2) is 19.1 Å². The number of aromatic nitrogens is 2. The summed E-state index contributed by atoms with van der Waals surface area (Å²) in [6, 6.07) is 0. The average molecular weight is 496 g/mol. The van der Waals surface area contributed by atoms with Crippen molar-refractivity contribution >= 4 is 33.2 Å². The standard InChI is InChI=1S/C16H26N4O8P2S/c1-9(2)14(21)16-20(8-12-7-18-11(4)19-15(12)17)10(3)13(31-16)5-6-27-30(25,26)28-29(22,23)24/h7,9,21H,5-6,8H2,1-4H3,(H,25,26)(H2,17,18,19)(H2,22,23,24)/b16-14+. The highest BCUT2D eigenvalue weighted by molar-refractivity contribution is 8.07. The van der Waals surface area contributed by atoms with Crippen molar-refractivity contribution in [2.45, 2.75) is 40.7 Å². The van der Waals surface area contributed by atoms with E-state index in [1.165, 1.54) is 11.8 Å².